The number of aliphatic hydroxyl groups is 1. The molecule has 0 amide bonds. The van der Waals surface area contributed by atoms with Gasteiger partial charge in [-0.2, -0.15) is 0 Å². The predicted molar refractivity (Wildman–Crippen MR) is 121 cm³/mol. The van der Waals surface area contributed by atoms with Gasteiger partial charge in [-0.05, 0) is 50.0 Å². The molecule has 0 spiro atoms. The SMILES string of the molecule is CCC1=C(CC)OC2=CC3C(=NC(C)(C)C(O)N3NCCc3ccccc3)CC2=C1. The standard InChI is InChI=1S/C25H33N3O2/c1-5-18-14-19-15-20-21(16-23(19)30-22(18)6-2)28(24(29)25(3,4)27-20)26-13-12-17-10-8-7-9-11-17/h7-11,14,16,21,24,26,29H,5-6,12-13,15H2,1-4H3. The van der Waals surface area contributed by atoms with E-state index >= 15 is 0 Å². The molecule has 4 rings (SSSR count). The van der Waals surface area contributed by atoms with E-state index in [-0.39, 0.29) is 6.04 Å². The number of hydrogen-bond acceptors (Lipinski definition) is 5. The molecule has 1 aliphatic carbocycles. The lowest BCUT2D eigenvalue weighted by atomic mass is 9.86. The minimum absolute atomic E-state index is 0.114. The van der Waals surface area contributed by atoms with E-state index in [1.807, 2.05) is 24.9 Å². The highest BCUT2D eigenvalue weighted by Crippen LogP contribution is 2.38. The van der Waals surface area contributed by atoms with E-state index in [0.29, 0.717) is 0 Å². The van der Waals surface area contributed by atoms with Crippen molar-refractivity contribution in [3.05, 3.63) is 70.7 Å². The first-order valence-electron chi connectivity index (χ1n) is 11.1. The second kappa shape index (κ2) is 8.50. The Kier molecular flexibility index (Phi) is 5.96. The summed E-state index contributed by atoms with van der Waals surface area (Å²) in [5.41, 5.74) is 7.72. The Morgan fingerprint density at radius 3 is 2.67 bits per heavy atom. The van der Waals surface area contributed by atoms with Gasteiger partial charge in [-0.1, -0.05) is 44.2 Å². The largest absolute Gasteiger partial charge is 0.461 e. The second-order valence-corrected chi connectivity index (χ2v) is 8.76. The molecule has 1 aromatic rings. The quantitative estimate of drug-likeness (QED) is 0.739. The maximum Gasteiger partial charge on any atom is 0.145 e. The van der Waals surface area contributed by atoms with Crippen molar-refractivity contribution in [1.29, 1.82) is 0 Å². The summed E-state index contributed by atoms with van der Waals surface area (Å²) in [5, 5.41) is 13.0. The highest BCUT2D eigenvalue weighted by atomic mass is 16.5. The second-order valence-electron chi connectivity index (χ2n) is 8.76. The summed E-state index contributed by atoms with van der Waals surface area (Å²) in [4.78, 5) is 4.94. The summed E-state index contributed by atoms with van der Waals surface area (Å²) >= 11 is 0. The van der Waals surface area contributed by atoms with Gasteiger partial charge in [-0.15, -0.1) is 0 Å². The number of hydrazine groups is 1. The summed E-state index contributed by atoms with van der Waals surface area (Å²) in [6.45, 7) is 9.02. The average Bonchev–Trinajstić information content (AvgIpc) is 2.75. The van der Waals surface area contributed by atoms with Crippen molar-refractivity contribution in [2.24, 2.45) is 4.99 Å². The molecule has 3 aliphatic rings. The van der Waals surface area contributed by atoms with Crippen molar-refractivity contribution in [1.82, 2.24) is 10.4 Å². The van der Waals surface area contributed by atoms with Gasteiger partial charge in [0.25, 0.3) is 0 Å². The molecule has 160 valence electrons. The molecule has 2 heterocycles. The summed E-state index contributed by atoms with van der Waals surface area (Å²) < 4.78 is 6.28. The molecule has 0 saturated carbocycles. The molecule has 5 nitrogen and oxygen atoms in total. The van der Waals surface area contributed by atoms with Gasteiger partial charge >= 0.3 is 0 Å². The van der Waals surface area contributed by atoms with E-state index in [0.717, 1.165) is 49.5 Å². The Morgan fingerprint density at radius 1 is 1.20 bits per heavy atom. The zero-order chi connectivity index (χ0) is 21.3. The Hall–Kier alpha value is -2.21. The van der Waals surface area contributed by atoms with Crippen molar-refractivity contribution >= 4 is 5.71 Å². The number of allylic oxidation sites excluding steroid dienone is 4. The summed E-state index contributed by atoms with van der Waals surface area (Å²) in [6.07, 6.45) is 7.16. The minimum atomic E-state index is -0.722. The Bertz CT molecular complexity index is 912. The van der Waals surface area contributed by atoms with E-state index < -0.39 is 11.8 Å². The molecule has 1 aromatic carbocycles. The number of rotatable bonds is 6. The first-order valence-corrected chi connectivity index (χ1v) is 11.1. The molecule has 0 aromatic heterocycles. The van der Waals surface area contributed by atoms with Crippen LogP contribution in [0.1, 0.15) is 52.5 Å². The minimum Gasteiger partial charge on any atom is -0.461 e. The van der Waals surface area contributed by atoms with Crippen molar-refractivity contribution in [2.45, 2.75) is 71.2 Å². The number of aliphatic hydroxyl groups excluding tert-OH is 1. The van der Waals surface area contributed by atoms with E-state index in [4.69, 9.17) is 9.73 Å². The monoisotopic (exact) mass is 407 g/mol. The van der Waals surface area contributed by atoms with Gasteiger partial charge < -0.3 is 9.84 Å². The van der Waals surface area contributed by atoms with Gasteiger partial charge in [-0.3, -0.25) is 10.4 Å². The third kappa shape index (κ3) is 4.02. The van der Waals surface area contributed by atoms with Crippen LogP contribution in [0.3, 0.4) is 0 Å². The van der Waals surface area contributed by atoms with Crippen molar-refractivity contribution in [2.75, 3.05) is 6.54 Å². The van der Waals surface area contributed by atoms with Crippen LogP contribution in [0.25, 0.3) is 0 Å². The van der Waals surface area contributed by atoms with Crippen LogP contribution in [0, 0.1) is 0 Å². The molecule has 5 heteroatoms. The zero-order valence-corrected chi connectivity index (χ0v) is 18.5. The third-order valence-corrected chi connectivity index (χ3v) is 6.16. The first-order chi connectivity index (χ1) is 14.4. The Labute approximate surface area is 179 Å². The first kappa shape index (κ1) is 21.0. The Balaban J connectivity index is 1.59. The zero-order valence-electron chi connectivity index (χ0n) is 18.5. The van der Waals surface area contributed by atoms with E-state index in [1.165, 1.54) is 16.7 Å². The fourth-order valence-corrected chi connectivity index (χ4v) is 4.47. The normalized spacial score (nSPS) is 25.6. The average molecular weight is 408 g/mol. The van der Waals surface area contributed by atoms with E-state index in [9.17, 15) is 5.11 Å². The van der Waals surface area contributed by atoms with Gasteiger partial charge in [0.1, 0.15) is 17.7 Å². The van der Waals surface area contributed by atoms with E-state index in [2.05, 4.69) is 55.7 Å². The summed E-state index contributed by atoms with van der Waals surface area (Å²) in [7, 11) is 0. The van der Waals surface area contributed by atoms with Crippen LogP contribution in [0.2, 0.25) is 0 Å². The van der Waals surface area contributed by atoms with E-state index in [1.54, 1.807) is 0 Å². The molecule has 2 unspecified atom stereocenters. The number of benzene rings is 1. The third-order valence-electron chi connectivity index (χ3n) is 6.16. The van der Waals surface area contributed by atoms with Crippen LogP contribution >= 0.6 is 0 Å². The van der Waals surface area contributed by atoms with Crippen molar-refractivity contribution < 1.29 is 9.84 Å². The number of fused-ring (bicyclic) bond motifs is 2. The summed E-state index contributed by atoms with van der Waals surface area (Å²) in [6, 6.07) is 10.3. The molecule has 30 heavy (non-hydrogen) atoms. The molecule has 2 atom stereocenters. The number of nitrogens with one attached hydrogen (secondary N) is 1. The molecule has 0 saturated heterocycles. The molecule has 0 radical (unpaired) electrons. The van der Waals surface area contributed by atoms with Gasteiger partial charge in [0.05, 0.1) is 11.6 Å². The smallest absolute Gasteiger partial charge is 0.145 e. The van der Waals surface area contributed by atoms with Crippen LogP contribution in [0.5, 0.6) is 0 Å². The maximum atomic E-state index is 11.1. The lowest BCUT2D eigenvalue weighted by Crippen LogP contribution is -2.64. The topological polar surface area (TPSA) is 57.1 Å². The van der Waals surface area contributed by atoms with Gasteiger partial charge in [0.2, 0.25) is 0 Å². The van der Waals surface area contributed by atoms with Crippen LogP contribution < -0.4 is 5.43 Å². The molecular weight excluding hydrogens is 374 g/mol. The molecule has 0 fully saturated rings. The molecule has 2 aliphatic heterocycles. The van der Waals surface area contributed by atoms with Gasteiger partial charge in [-0.25, -0.2) is 5.01 Å². The number of nitrogens with zero attached hydrogens (tertiary/aromatic N) is 2. The molecule has 0 bridgehead atoms. The summed E-state index contributed by atoms with van der Waals surface area (Å²) in [5.74, 6) is 1.96. The highest BCUT2D eigenvalue weighted by Gasteiger charge is 2.44. The fourth-order valence-electron chi connectivity index (χ4n) is 4.47. The van der Waals surface area contributed by atoms with Crippen LogP contribution in [-0.4, -0.2) is 40.2 Å². The molecule has 2 N–H and O–H groups in total. The van der Waals surface area contributed by atoms with Gasteiger partial charge in [0, 0.05) is 30.7 Å². The Morgan fingerprint density at radius 2 is 1.97 bits per heavy atom. The number of hydrogen-bond donors (Lipinski definition) is 2. The fraction of sp³-hybridized carbons (Fsp3) is 0.480. The van der Waals surface area contributed by atoms with Crippen LogP contribution in [0.4, 0.5) is 0 Å². The predicted octanol–water partition coefficient (Wildman–Crippen LogP) is 4.27. The lowest BCUT2D eigenvalue weighted by molar-refractivity contribution is -0.0832. The van der Waals surface area contributed by atoms with Crippen LogP contribution in [0.15, 0.2) is 70.1 Å². The maximum absolute atomic E-state index is 11.1. The molecular formula is C25H33N3O2. The lowest BCUT2D eigenvalue weighted by Gasteiger charge is -2.47. The van der Waals surface area contributed by atoms with Crippen molar-refractivity contribution in [3.63, 3.8) is 0 Å². The van der Waals surface area contributed by atoms with Gasteiger partial charge in [0.15, 0.2) is 0 Å². The number of ether oxygens (including phenoxy) is 1. The van der Waals surface area contributed by atoms with Crippen LogP contribution in [-0.2, 0) is 11.2 Å². The van der Waals surface area contributed by atoms with Crippen molar-refractivity contribution in [3.8, 4) is 0 Å². The highest BCUT2D eigenvalue weighted by molar-refractivity contribution is 5.96. The number of aliphatic imine (C=N–C) groups is 1.